The molecule has 0 aromatic rings. The summed E-state index contributed by atoms with van der Waals surface area (Å²) in [4.78, 5) is 23.0. The molecular weight excluding hydrogens is 840 g/mol. The van der Waals surface area contributed by atoms with Crippen molar-refractivity contribution in [1.29, 1.82) is 0 Å². The molecule has 9 heteroatoms. The molecule has 3 unspecified atom stereocenters. The van der Waals surface area contributed by atoms with Crippen molar-refractivity contribution in [2.24, 2.45) is 0 Å². The smallest absolute Gasteiger partial charge is 0.391 e. The number of quaternary nitrogens is 1. The van der Waals surface area contributed by atoms with E-state index in [-0.39, 0.29) is 19.1 Å². The van der Waals surface area contributed by atoms with Gasteiger partial charge in [0.2, 0.25) is 5.91 Å². The molecule has 0 aromatic heterocycles. The molecular formula is C57H114N2O6P+. The highest BCUT2D eigenvalue weighted by atomic mass is 31.2. The standard InChI is InChI=1S/C57H113N2O6P/c1-6-8-10-12-13-14-15-16-17-18-19-20-21-22-23-24-25-26-27-28-29-30-31-32-33-34-35-36-37-38-39-40-41-42-43-44-45-47-49-51-57(61)58-55(56(60)50-48-46-11-9-7-2)54-65-66(62,63)64-53-52-59(3,4)5/h15-16,18-19,55-56,60H,6-14,17,20-54H2,1-5H3,(H-,58,61,62,63)/p+1/b16-15-,19-18-. The maximum atomic E-state index is 12.8. The number of rotatable bonds is 53. The van der Waals surface area contributed by atoms with Crippen LogP contribution in [0, 0.1) is 0 Å². The maximum Gasteiger partial charge on any atom is 0.472 e. The molecule has 0 rings (SSSR count). The minimum atomic E-state index is -4.30. The largest absolute Gasteiger partial charge is 0.472 e. The average molecular weight is 955 g/mol. The number of hydrogen-bond acceptors (Lipinski definition) is 5. The summed E-state index contributed by atoms with van der Waals surface area (Å²) in [7, 11) is 1.62. The Kier molecular flexibility index (Phi) is 48.2. The van der Waals surface area contributed by atoms with Gasteiger partial charge in [0.25, 0.3) is 0 Å². The van der Waals surface area contributed by atoms with Crippen molar-refractivity contribution in [3.63, 3.8) is 0 Å². The van der Waals surface area contributed by atoms with Crippen molar-refractivity contribution < 1.29 is 32.9 Å². The van der Waals surface area contributed by atoms with E-state index in [2.05, 4.69) is 43.5 Å². The van der Waals surface area contributed by atoms with E-state index in [1.807, 2.05) is 21.1 Å². The van der Waals surface area contributed by atoms with Crippen LogP contribution in [0.2, 0.25) is 0 Å². The molecule has 0 aromatic carbocycles. The van der Waals surface area contributed by atoms with Gasteiger partial charge in [-0.15, -0.1) is 0 Å². The van der Waals surface area contributed by atoms with Gasteiger partial charge in [0.05, 0.1) is 39.9 Å². The fourth-order valence-electron chi connectivity index (χ4n) is 8.67. The molecule has 0 aliphatic rings. The number of carbonyl (C=O) groups is 1. The zero-order chi connectivity index (χ0) is 48.5. The van der Waals surface area contributed by atoms with Crippen molar-refractivity contribution in [2.75, 3.05) is 40.9 Å². The Hall–Kier alpha value is -1.02. The van der Waals surface area contributed by atoms with Crippen LogP contribution in [0.5, 0.6) is 0 Å². The van der Waals surface area contributed by atoms with E-state index in [9.17, 15) is 19.4 Å². The van der Waals surface area contributed by atoms with Gasteiger partial charge >= 0.3 is 7.82 Å². The molecule has 0 aliphatic heterocycles. The third-order valence-corrected chi connectivity index (χ3v) is 14.2. The fraction of sp³-hybridized carbons (Fsp3) is 0.912. The number of nitrogens with one attached hydrogen (secondary N) is 1. The Labute approximate surface area is 411 Å². The first-order valence-electron chi connectivity index (χ1n) is 28.7. The number of likely N-dealkylation sites (N-methyl/N-ethyl adjacent to an activating group) is 1. The van der Waals surface area contributed by atoms with E-state index in [4.69, 9.17) is 9.05 Å². The molecule has 0 heterocycles. The quantitative estimate of drug-likeness (QED) is 0.0243. The third kappa shape index (κ3) is 50.8. The SMILES string of the molecule is CCCCCCC/C=C\C/C=C\CCCCCCCCCCCCCCCCCCCCCCCCCCCCCC(=O)NC(COP(=O)(O)OCC[N+](C)(C)C)C(O)CCCCCCC. The van der Waals surface area contributed by atoms with Gasteiger partial charge in [-0.25, -0.2) is 4.57 Å². The van der Waals surface area contributed by atoms with Crippen molar-refractivity contribution in [3.8, 4) is 0 Å². The van der Waals surface area contributed by atoms with Crippen LogP contribution in [0.15, 0.2) is 24.3 Å². The molecule has 392 valence electrons. The van der Waals surface area contributed by atoms with Crippen molar-refractivity contribution in [3.05, 3.63) is 24.3 Å². The summed E-state index contributed by atoms with van der Waals surface area (Å²) in [6.07, 6.45) is 61.8. The summed E-state index contributed by atoms with van der Waals surface area (Å²) in [5.41, 5.74) is 0. The van der Waals surface area contributed by atoms with Crippen LogP contribution in [0.4, 0.5) is 0 Å². The lowest BCUT2D eigenvalue weighted by atomic mass is 10.0. The summed E-state index contributed by atoms with van der Waals surface area (Å²) in [6.45, 7) is 4.81. The molecule has 0 fully saturated rings. The van der Waals surface area contributed by atoms with Gasteiger partial charge in [0.15, 0.2) is 0 Å². The van der Waals surface area contributed by atoms with E-state index >= 15 is 0 Å². The van der Waals surface area contributed by atoms with Gasteiger partial charge in [0, 0.05) is 6.42 Å². The Balaban J connectivity index is 3.65. The summed E-state index contributed by atoms with van der Waals surface area (Å²) < 4.78 is 23.5. The Morgan fingerprint density at radius 2 is 0.864 bits per heavy atom. The highest BCUT2D eigenvalue weighted by molar-refractivity contribution is 7.47. The summed E-state index contributed by atoms with van der Waals surface area (Å²) in [5, 5.41) is 13.8. The van der Waals surface area contributed by atoms with Crippen LogP contribution in [0.1, 0.15) is 284 Å². The van der Waals surface area contributed by atoms with E-state index in [0.29, 0.717) is 23.9 Å². The summed E-state index contributed by atoms with van der Waals surface area (Å²) in [6, 6.07) is -0.753. The molecule has 3 atom stereocenters. The van der Waals surface area contributed by atoms with E-state index in [0.717, 1.165) is 57.8 Å². The molecule has 0 saturated carbocycles. The van der Waals surface area contributed by atoms with Crippen LogP contribution in [0.3, 0.4) is 0 Å². The van der Waals surface area contributed by atoms with Gasteiger partial charge < -0.3 is 19.8 Å². The van der Waals surface area contributed by atoms with Gasteiger partial charge in [0.1, 0.15) is 13.2 Å². The Morgan fingerprint density at radius 3 is 1.24 bits per heavy atom. The predicted molar refractivity (Wildman–Crippen MR) is 286 cm³/mol. The first-order valence-corrected chi connectivity index (χ1v) is 30.2. The zero-order valence-electron chi connectivity index (χ0n) is 44.7. The number of allylic oxidation sites excluding steroid dienone is 4. The van der Waals surface area contributed by atoms with Crippen LogP contribution in [-0.4, -0.2) is 73.4 Å². The number of phosphoric acid groups is 1. The molecule has 0 radical (unpaired) electrons. The molecule has 0 aliphatic carbocycles. The first kappa shape index (κ1) is 65.0. The van der Waals surface area contributed by atoms with E-state index in [1.54, 1.807) is 0 Å². The van der Waals surface area contributed by atoms with Gasteiger partial charge in [-0.1, -0.05) is 256 Å². The number of nitrogens with zero attached hydrogens (tertiary/aromatic N) is 1. The summed E-state index contributed by atoms with van der Waals surface area (Å²) in [5.74, 6) is -0.146. The Bertz CT molecular complexity index is 1130. The number of hydrogen-bond donors (Lipinski definition) is 3. The number of aliphatic hydroxyl groups is 1. The van der Waals surface area contributed by atoms with Gasteiger partial charge in [-0.3, -0.25) is 13.8 Å². The zero-order valence-corrected chi connectivity index (χ0v) is 45.6. The second kappa shape index (κ2) is 49.0. The lowest BCUT2D eigenvalue weighted by molar-refractivity contribution is -0.870. The van der Waals surface area contributed by atoms with E-state index < -0.39 is 20.0 Å². The number of amides is 1. The average Bonchev–Trinajstić information content (AvgIpc) is 3.27. The summed E-state index contributed by atoms with van der Waals surface area (Å²) >= 11 is 0. The fourth-order valence-corrected chi connectivity index (χ4v) is 9.40. The second-order valence-corrected chi connectivity index (χ2v) is 22.5. The number of unbranched alkanes of at least 4 members (excludes halogenated alkanes) is 36. The molecule has 8 nitrogen and oxygen atoms in total. The molecule has 3 N–H and O–H groups in total. The predicted octanol–water partition coefficient (Wildman–Crippen LogP) is 17.2. The Morgan fingerprint density at radius 1 is 0.515 bits per heavy atom. The van der Waals surface area contributed by atoms with Gasteiger partial charge in [-0.05, 0) is 44.9 Å². The van der Waals surface area contributed by atoms with Crippen LogP contribution in [-0.2, 0) is 18.4 Å². The van der Waals surface area contributed by atoms with Crippen LogP contribution < -0.4 is 5.32 Å². The van der Waals surface area contributed by atoms with Crippen molar-refractivity contribution in [2.45, 2.75) is 296 Å². The number of phosphoric ester groups is 1. The molecule has 1 amide bonds. The highest BCUT2D eigenvalue weighted by Crippen LogP contribution is 2.43. The normalized spacial score (nSPS) is 14.1. The van der Waals surface area contributed by atoms with Gasteiger partial charge in [-0.2, -0.15) is 0 Å². The number of aliphatic hydroxyl groups excluding tert-OH is 1. The van der Waals surface area contributed by atoms with Crippen molar-refractivity contribution >= 4 is 13.7 Å². The minimum Gasteiger partial charge on any atom is -0.391 e. The van der Waals surface area contributed by atoms with E-state index in [1.165, 1.54) is 199 Å². The lowest BCUT2D eigenvalue weighted by Gasteiger charge is -2.26. The maximum absolute atomic E-state index is 12.8. The molecule has 66 heavy (non-hydrogen) atoms. The third-order valence-electron chi connectivity index (χ3n) is 13.2. The molecule has 0 spiro atoms. The minimum absolute atomic E-state index is 0.0762. The lowest BCUT2D eigenvalue weighted by Crippen LogP contribution is -2.46. The van der Waals surface area contributed by atoms with Crippen molar-refractivity contribution in [1.82, 2.24) is 5.32 Å². The number of carbonyl (C=O) groups excluding carboxylic acids is 1. The molecule has 0 bridgehead atoms. The first-order chi connectivity index (χ1) is 32.0. The highest BCUT2D eigenvalue weighted by Gasteiger charge is 2.28. The monoisotopic (exact) mass is 954 g/mol. The van der Waals surface area contributed by atoms with Crippen LogP contribution in [0.25, 0.3) is 0 Å². The second-order valence-electron chi connectivity index (χ2n) is 21.0. The van der Waals surface area contributed by atoms with Crippen LogP contribution >= 0.6 is 7.82 Å². The molecule has 0 saturated heterocycles. The topological polar surface area (TPSA) is 105 Å².